The first kappa shape index (κ1) is 19.6. The van der Waals surface area contributed by atoms with E-state index in [-0.39, 0.29) is 16.7 Å². The number of carbonyl (C=O) groups is 1. The predicted molar refractivity (Wildman–Crippen MR) is 111 cm³/mol. The van der Waals surface area contributed by atoms with Gasteiger partial charge >= 0.3 is 0 Å². The Kier molecular flexibility index (Phi) is 5.85. The van der Waals surface area contributed by atoms with Crippen molar-refractivity contribution in [2.45, 2.75) is 49.3 Å². The average Bonchev–Trinajstić information content (AvgIpc) is 3.23. The van der Waals surface area contributed by atoms with Crippen molar-refractivity contribution in [2.75, 3.05) is 19.6 Å². The van der Waals surface area contributed by atoms with Gasteiger partial charge in [0.15, 0.2) is 0 Å². The highest BCUT2D eigenvalue weighted by molar-refractivity contribution is 7.89. The topological polar surface area (TPSA) is 66.5 Å². The molecule has 1 aliphatic heterocycles. The lowest BCUT2D eigenvalue weighted by atomic mass is 9.83. The third-order valence-corrected chi connectivity index (χ3v) is 8.75. The molecule has 1 saturated heterocycles. The van der Waals surface area contributed by atoms with Gasteiger partial charge in [0.25, 0.3) is 5.91 Å². The van der Waals surface area contributed by atoms with Gasteiger partial charge in [-0.3, -0.25) is 4.79 Å². The summed E-state index contributed by atoms with van der Waals surface area (Å²) in [6.45, 7) is 1.62. The molecule has 2 aromatic rings. The lowest BCUT2D eigenvalue weighted by molar-refractivity contribution is 0.0951. The molecule has 5 nitrogen and oxygen atoms in total. The summed E-state index contributed by atoms with van der Waals surface area (Å²) in [7, 11) is -3.60. The van der Waals surface area contributed by atoms with E-state index in [2.05, 4.69) is 23.5 Å². The summed E-state index contributed by atoms with van der Waals surface area (Å²) in [6, 6.07) is 9.97. The highest BCUT2D eigenvalue weighted by atomic mass is 32.2. The molecule has 1 aromatic carbocycles. The van der Waals surface area contributed by atoms with E-state index in [0.717, 1.165) is 38.5 Å². The average molecular weight is 419 g/mol. The van der Waals surface area contributed by atoms with Crippen molar-refractivity contribution in [2.24, 2.45) is 0 Å². The number of carbonyl (C=O) groups excluding carboxylic acids is 1. The number of fused-ring (bicyclic) bond motifs is 1. The molecule has 0 saturated carbocycles. The van der Waals surface area contributed by atoms with Crippen LogP contribution in [0, 0.1) is 0 Å². The summed E-state index contributed by atoms with van der Waals surface area (Å²) in [5.74, 6) is 0.00431. The minimum Gasteiger partial charge on any atom is -0.351 e. The monoisotopic (exact) mass is 418 g/mol. The molecule has 1 aromatic heterocycles. The van der Waals surface area contributed by atoms with Gasteiger partial charge in [-0.2, -0.15) is 4.31 Å². The molecule has 28 heavy (non-hydrogen) atoms. The Bertz CT molecular complexity index is 946. The first-order valence-electron chi connectivity index (χ1n) is 10.0. The number of piperidine rings is 1. The van der Waals surface area contributed by atoms with Crippen LogP contribution < -0.4 is 5.32 Å². The number of thiophene rings is 1. The van der Waals surface area contributed by atoms with Crippen molar-refractivity contribution >= 4 is 27.3 Å². The zero-order chi connectivity index (χ0) is 19.6. The van der Waals surface area contributed by atoms with E-state index in [9.17, 15) is 13.2 Å². The number of nitrogens with one attached hydrogen (secondary N) is 1. The van der Waals surface area contributed by atoms with E-state index in [1.165, 1.54) is 26.8 Å². The minimum absolute atomic E-state index is 0.154. The molecule has 1 fully saturated rings. The van der Waals surface area contributed by atoms with Gasteiger partial charge in [-0.25, -0.2) is 8.42 Å². The maximum absolute atomic E-state index is 13.0. The molecule has 7 heteroatoms. The van der Waals surface area contributed by atoms with E-state index >= 15 is 0 Å². The van der Waals surface area contributed by atoms with Crippen molar-refractivity contribution < 1.29 is 13.2 Å². The van der Waals surface area contributed by atoms with Gasteiger partial charge in [-0.15, -0.1) is 11.3 Å². The summed E-state index contributed by atoms with van der Waals surface area (Å²) in [4.78, 5) is 13.3. The second kappa shape index (κ2) is 8.35. The fourth-order valence-electron chi connectivity index (χ4n) is 4.27. The summed E-state index contributed by atoms with van der Waals surface area (Å²) in [5.41, 5.74) is 2.67. The standard InChI is InChI=1S/C21H26N2O3S2/c24-21(22-15-17-9-6-8-16-7-2-3-10-18(16)17)20-19(11-14-27-20)28(25,26)23-12-4-1-5-13-23/h2-3,7,10-11,14,17H,1,4-6,8-9,12-13,15H2,(H,22,24). The molecule has 1 amide bonds. The zero-order valence-corrected chi connectivity index (χ0v) is 17.5. The number of aryl methyl sites for hydroxylation is 1. The summed E-state index contributed by atoms with van der Waals surface area (Å²) >= 11 is 1.20. The smallest absolute Gasteiger partial charge is 0.262 e. The van der Waals surface area contributed by atoms with Gasteiger partial charge < -0.3 is 5.32 Å². The number of sulfonamides is 1. The second-order valence-electron chi connectivity index (χ2n) is 7.58. The molecule has 0 radical (unpaired) electrons. The number of hydrogen-bond donors (Lipinski definition) is 1. The quantitative estimate of drug-likeness (QED) is 0.804. The highest BCUT2D eigenvalue weighted by Crippen LogP contribution is 2.31. The van der Waals surface area contributed by atoms with Crippen molar-refractivity contribution in [1.29, 1.82) is 0 Å². The molecule has 0 bridgehead atoms. The molecule has 1 aliphatic carbocycles. The third-order valence-electron chi connectivity index (χ3n) is 5.77. The lowest BCUT2D eigenvalue weighted by Gasteiger charge is -2.26. The number of rotatable bonds is 5. The molecular weight excluding hydrogens is 392 g/mol. The molecule has 2 heterocycles. The largest absolute Gasteiger partial charge is 0.351 e. The number of benzene rings is 1. The molecule has 4 rings (SSSR count). The van der Waals surface area contributed by atoms with Crippen LogP contribution in [0.2, 0.25) is 0 Å². The fraction of sp³-hybridized carbons (Fsp3) is 0.476. The summed E-state index contributed by atoms with van der Waals surface area (Å²) < 4.78 is 27.5. The fourth-order valence-corrected chi connectivity index (χ4v) is 7.11. The van der Waals surface area contributed by atoms with Gasteiger partial charge in [0, 0.05) is 25.6 Å². The van der Waals surface area contributed by atoms with Crippen LogP contribution in [0.4, 0.5) is 0 Å². The lowest BCUT2D eigenvalue weighted by Crippen LogP contribution is -2.37. The van der Waals surface area contributed by atoms with Gasteiger partial charge in [0.05, 0.1) is 0 Å². The number of hydrogen-bond acceptors (Lipinski definition) is 4. The predicted octanol–water partition coefficient (Wildman–Crippen LogP) is 3.77. The molecule has 0 spiro atoms. The molecular formula is C21H26N2O3S2. The first-order chi connectivity index (χ1) is 13.6. The van der Waals surface area contributed by atoms with Crippen molar-refractivity contribution in [3.8, 4) is 0 Å². The van der Waals surface area contributed by atoms with Crippen LogP contribution in [0.3, 0.4) is 0 Å². The van der Waals surface area contributed by atoms with E-state index < -0.39 is 10.0 Å². The molecule has 150 valence electrons. The van der Waals surface area contributed by atoms with Gasteiger partial charge in [0.2, 0.25) is 10.0 Å². The number of amides is 1. The van der Waals surface area contributed by atoms with Gasteiger partial charge in [0.1, 0.15) is 9.77 Å². The first-order valence-corrected chi connectivity index (χ1v) is 12.3. The van der Waals surface area contributed by atoms with Crippen molar-refractivity contribution in [3.05, 3.63) is 51.7 Å². The normalized spacial score (nSPS) is 20.5. The Hall–Kier alpha value is -1.70. The summed E-state index contributed by atoms with van der Waals surface area (Å²) in [6.07, 6.45) is 6.07. The minimum atomic E-state index is -3.60. The van der Waals surface area contributed by atoms with E-state index in [0.29, 0.717) is 24.5 Å². The number of nitrogens with zero attached hydrogens (tertiary/aromatic N) is 1. The summed E-state index contributed by atoms with van der Waals surface area (Å²) in [5, 5.41) is 4.70. The van der Waals surface area contributed by atoms with Crippen molar-refractivity contribution in [3.63, 3.8) is 0 Å². The SMILES string of the molecule is O=C(NCC1CCCc2ccccc21)c1sccc1S(=O)(=O)N1CCCCC1. The van der Waals surface area contributed by atoms with Crippen LogP contribution >= 0.6 is 11.3 Å². The van der Waals surface area contributed by atoms with Crippen molar-refractivity contribution in [1.82, 2.24) is 9.62 Å². The maximum atomic E-state index is 13.0. The third kappa shape index (κ3) is 3.88. The van der Waals surface area contributed by atoms with Crippen LogP contribution in [0.5, 0.6) is 0 Å². The van der Waals surface area contributed by atoms with Crippen LogP contribution in [-0.2, 0) is 16.4 Å². The Balaban J connectivity index is 1.48. The Morgan fingerprint density at radius 3 is 2.71 bits per heavy atom. The molecule has 1 atom stereocenters. The van der Waals surface area contributed by atoms with Gasteiger partial charge in [-0.05, 0) is 54.7 Å². The molecule has 2 aliphatic rings. The van der Waals surface area contributed by atoms with Crippen LogP contribution in [0.15, 0.2) is 40.6 Å². The van der Waals surface area contributed by atoms with Gasteiger partial charge in [-0.1, -0.05) is 30.7 Å². The van der Waals surface area contributed by atoms with Crippen LogP contribution in [0.1, 0.15) is 58.8 Å². The highest BCUT2D eigenvalue weighted by Gasteiger charge is 2.31. The Morgan fingerprint density at radius 1 is 1.11 bits per heavy atom. The molecule has 1 unspecified atom stereocenters. The molecule has 1 N–H and O–H groups in total. The maximum Gasteiger partial charge on any atom is 0.262 e. The van der Waals surface area contributed by atoms with E-state index in [1.807, 2.05) is 6.07 Å². The second-order valence-corrected chi connectivity index (χ2v) is 10.4. The van der Waals surface area contributed by atoms with E-state index in [4.69, 9.17) is 0 Å². The van der Waals surface area contributed by atoms with Crippen LogP contribution in [-0.4, -0.2) is 38.3 Å². The van der Waals surface area contributed by atoms with Crippen LogP contribution in [0.25, 0.3) is 0 Å². The zero-order valence-electron chi connectivity index (χ0n) is 15.9. The van der Waals surface area contributed by atoms with E-state index in [1.54, 1.807) is 11.4 Å². The Labute approximate surface area is 170 Å². The Morgan fingerprint density at radius 2 is 1.89 bits per heavy atom.